The van der Waals surface area contributed by atoms with Crippen LogP contribution in [0.1, 0.15) is 21.6 Å². The molecule has 23 heavy (non-hydrogen) atoms. The van der Waals surface area contributed by atoms with Crippen molar-refractivity contribution in [1.29, 1.82) is 0 Å². The Labute approximate surface area is 131 Å². The molecule has 2 heterocycles. The molecule has 0 fully saturated rings. The largest absolute Gasteiger partial charge is 0.346 e. The normalized spacial score (nSPS) is 10.7. The minimum absolute atomic E-state index is 0.110. The zero-order valence-electron chi connectivity index (χ0n) is 12.4. The highest BCUT2D eigenvalue weighted by Crippen LogP contribution is 2.13. The minimum Gasteiger partial charge on any atom is -0.346 e. The molecule has 1 aromatic carbocycles. The lowest BCUT2D eigenvalue weighted by molar-refractivity contribution is -0.384. The van der Waals surface area contributed by atoms with E-state index in [-0.39, 0.29) is 23.7 Å². The van der Waals surface area contributed by atoms with Crippen LogP contribution in [-0.2, 0) is 6.54 Å². The lowest BCUT2D eigenvalue weighted by Gasteiger charge is -2.03. The molecule has 3 aromatic rings. The van der Waals surface area contributed by atoms with Gasteiger partial charge in [-0.3, -0.25) is 14.9 Å². The van der Waals surface area contributed by atoms with E-state index in [2.05, 4.69) is 10.3 Å². The molecule has 0 radical (unpaired) electrons. The van der Waals surface area contributed by atoms with Gasteiger partial charge in [0.1, 0.15) is 5.65 Å². The fourth-order valence-corrected chi connectivity index (χ4v) is 2.27. The summed E-state index contributed by atoms with van der Waals surface area (Å²) in [6.07, 6.45) is 3.80. The Morgan fingerprint density at radius 1 is 1.30 bits per heavy atom. The van der Waals surface area contributed by atoms with Gasteiger partial charge in [0, 0.05) is 30.1 Å². The molecule has 7 heteroatoms. The van der Waals surface area contributed by atoms with Gasteiger partial charge in [0.05, 0.1) is 17.2 Å². The summed E-state index contributed by atoms with van der Waals surface area (Å²) in [4.78, 5) is 26.7. The highest BCUT2D eigenvalue weighted by Gasteiger charge is 2.11. The van der Waals surface area contributed by atoms with Gasteiger partial charge in [-0.15, -0.1) is 0 Å². The van der Waals surface area contributed by atoms with Crippen molar-refractivity contribution in [2.45, 2.75) is 13.5 Å². The fraction of sp³-hybridized carbons (Fsp3) is 0.125. The van der Waals surface area contributed by atoms with E-state index in [1.807, 2.05) is 35.9 Å². The molecule has 2 aromatic heterocycles. The summed E-state index contributed by atoms with van der Waals surface area (Å²) in [5, 5.41) is 13.5. The molecule has 1 amide bonds. The third-order valence-electron chi connectivity index (χ3n) is 3.40. The van der Waals surface area contributed by atoms with Gasteiger partial charge in [-0.05, 0) is 24.6 Å². The number of rotatable bonds is 4. The number of nitrogens with one attached hydrogen (secondary N) is 1. The number of aryl methyl sites for hydroxylation is 1. The zero-order chi connectivity index (χ0) is 16.4. The van der Waals surface area contributed by atoms with Gasteiger partial charge >= 0.3 is 0 Å². The molecule has 1 N–H and O–H groups in total. The second-order valence-electron chi connectivity index (χ2n) is 5.19. The number of amides is 1. The molecule has 7 nitrogen and oxygen atoms in total. The van der Waals surface area contributed by atoms with Crippen LogP contribution >= 0.6 is 0 Å². The Kier molecular flexibility index (Phi) is 3.76. The van der Waals surface area contributed by atoms with Gasteiger partial charge < -0.3 is 9.72 Å². The lowest BCUT2D eigenvalue weighted by Crippen LogP contribution is -2.23. The van der Waals surface area contributed by atoms with Gasteiger partial charge in [0.2, 0.25) is 0 Å². The first-order valence-electron chi connectivity index (χ1n) is 7.00. The van der Waals surface area contributed by atoms with Crippen molar-refractivity contribution in [3.8, 4) is 0 Å². The number of imidazole rings is 1. The molecular formula is C16H14N4O3. The van der Waals surface area contributed by atoms with E-state index in [0.29, 0.717) is 0 Å². The van der Waals surface area contributed by atoms with E-state index in [0.717, 1.165) is 16.9 Å². The molecule has 0 bridgehead atoms. The second kappa shape index (κ2) is 5.88. The summed E-state index contributed by atoms with van der Waals surface area (Å²) < 4.78 is 1.89. The summed E-state index contributed by atoms with van der Waals surface area (Å²) in [5.41, 5.74) is 2.77. The number of hydrogen-bond donors (Lipinski definition) is 1. The number of carbonyl (C=O) groups excluding carboxylic acids is 1. The van der Waals surface area contributed by atoms with Crippen LogP contribution in [0.5, 0.6) is 0 Å². The second-order valence-corrected chi connectivity index (χ2v) is 5.19. The van der Waals surface area contributed by atoms with Crippen molar-refractivity contribution in [2.24, 2.45) is 0 Å². The smallest absolute Gasteiger partial charge is 0.270 e. The maximum Gasteiger partial charge on any atom is 0.270 e. The number of nitrogens with zero attached hydrogens (tertiary/aromatic N) is 3. The van der Waals surface area contributed by atoms with Crippen LogP contribution in [0.4, 0.5) is 5.69 Å². The van der Waals surface area contributed by atoms with Crippen molar-refractivity contribution in [1.82, 2.24) is 14.7 Å². The minimum atomic E-state index is -0.527. The molecule has 0 spiro atoms. The molecular weight excluding hydrogens is 296 g/mol. The Balaban J connectivity index is 1.72. The van der Waals surface area contributed by atoms with Crippen LogP contribution in [0.3, 0.4) is 0 Å². The molecule has 3 rings (SSSR count). The van der Waals surface area contributed by atoms with E-state index in [1.165, 1.54) is 24.3 Å². The number of carbonyl (C=O) groups is 1. The standard InChI is InChI=1S/C16H14N4O3/c1-11-5-6-15-18-13(10-19(15)9-11)8-17-16(21)12-3-2-4-14(7-12)20(22)23/h2-7,9-10H,8H2,1H3,(H,17,21). The number of benzene rings is 1. The summed E-state index contributed by atoms with van der Waals surface area (Å²) >= 11 is 0. The summed E-state index contributed by atoms with van der Waals surface area (Å²) in [7, 11) is 0. The van der Waals surface area contributed by atoms with Gasteiger partial charge in [0.25, 0.3) is 11.6 Å². The average Bonchev–Trinajstić information content (AvgIpc) is 2.94. The fourth-order valence-electron chi connectivity index (χ4n) is 2.27. The quantitative estimate of drug-likeness (QED) is 0.592. The number of hydrogen-bond acceptors (Lipinski definition) is 4. The van der Waals surface area contributed by atoms with E-state index in [1.54, 1.807) is 0 Å². The number of fused-ring (bicyclic) bond motifs is 1. The van der Waals surface area contributed by atoms with E-state index in [9.17, 15) is 14.9 Å². The van der Waals surface area contributed by atoms with E-state index in [4.69, 9.17) is 0 Å². The Bertz CT molecular complexity index is 901. The van der Waals surface area contributed by atoms with Crippen LogP contribution in [-0.4, -0.2) is 20.2 Å². The number of pyridine rings is 1. The third-order valence-corrected chi connectivity index (χ3v) is 3.40. The molecule has 0 aliphatic heterocycles. The van der Waals surface area contributed by atoms with Gasteiger partial charge in [-0.25, -0.2) is 4.98 Å². The zero-order valence-corrected chi connectivity index (χ0v) is 12.4. The molecule has 116 valence electrons. The Morgan fingerprint density at radius 3 is 2.91 bits per heavy atom. The molecule has 0 unspecified atom stereocenters. The van der Waals surface area contributed by atoms with E-state index < -0.39 is 4.92 Å². The van der Waals surface area contributed by atoms with Crippen LogP contribution < -0.4 is 5.32 Å². The summed E-state index contributed by atoms with van der Waals surface area (Å²) in [6.45, 7) is 2.24. The molecule has 0 aliphatic carbocycles. The average molecular weight is 310 g/mol. The van der Waals surface area contributed by atoms with Crippen LogP contribution in [0.25, 0.3) is 5.65 Å². The summed E-state index contributed by atoms with van der Waals surface area (Å²) in [5.74, 6) is -0.373. The maximum absolute atomic E-state index is 12.1. The molecule has 0 atom stereocenters. The predicted octanol–water partition coefficient (Wildman–Crippen LogP) is 2.48. The lowest BCUT2D eigenvalue weighted by atomic mass is 10.2. The SMILES string of the molecule is Cc1ccc2nc(CNC(=O)c3cccc([N+](=O)[O-])c3)cn2c1. The van der Waals surface area contributed by atoms with Crippen LogP contribution in [0.15, 0.2) is 48.8 Å². The summed E-state index contributed by atoms with van der Waals surface area (Å²) in [6, 6.07) is 9.49. The number of nitro benzene ring substituents is 1. The first kappa shape index (κ1) is 14.7. The van der Waals surface area contributed by atoms with Crippen molar-refractivity contribution >= 4 is 17.2 Å². The maximum atomic E-state index is 12.1. The number of aromatic nitrogens is 2. The molecule has 0 saturated carbocycles. The Morgan fingerprint density at radius 2 is 2.13 bits per heavy atom. The van der Waals surface area contributed by atoms with Crippen molar-refractivity contribution in [3.63, 3.8) is 0 Å². The highest BCUT2D eigenvalue weighted by molar-refractivity contribution is 5.94. The van der Waals surface area contributed by atoms with Crippen LogP contribution in [0.2, 0.25) is 0 Å². The number of nitro groups is 1. The van der Waals surface area contributed by atoms with Gasteiger partial charge in [0.15, 0.2) is 0 Å². The van der Waals surface area contributed by atoms with Gasteiger partial charge in [-0.1, -0.05) is 12.1 Å². The van der Waals surface area contributed by atoms with Gasteiger partial charge in [-0.2, -0.15) is 0 Å². The van der Waals surface area contributed by atoms with Crippen LogP contribution in [0, 0.1) is 17.0 Å². The molecule has 0 aliphatic rings. The molecule has 0 saturated heterocycles. The Hall–Kier alpha value is -3.22. The van der Waals surface area contributed by atoms with Crippen molar-refractivity contribution < 1.29 is 9.72 Å². The van der Waals surface area contributed by atoms with Crippen molar-refractivity contribution in [2.75, 3.05) is 0 Å². The van der Waals surface area contributed by atoms with E-state index >= 15 is 0 Å². The first-order valence-corrected chi connectivity index (χ1v) is 7.00. The van der Waals surface area contributed by atoms with Crippen molar-refractivity contribution in [3.05, 3.63) is 75.7 Å². The third kappa shape index (κ3) is 3.18. The number of non-ortho nitro benzene ring substituents is 1. The monoisotopic (exact) mass is 310 g/mol. The topological polar surface area (TPSA) is 89.5 Å². The first-order chi connectivity index (χ1) is 11.0. The highest BCUT2D eigenvalue weighted by atomic mass is 16.6. The predicted molar refractivity (Wildman–Crippen MR) is 84.2 cm³/mol.